The molecule has 0 heterocycles. The van der Waals surface area contributed by atoms with Crippen LogP contribution in [-0.4, -0.2) is 28.8 Å². The second kappa shape index (κ2) is 13.3. The van der Waals surface area contributed by atoms with Crippen LogP contribution < -0.4 is 5.32 Å². The highest BCUT2D eigenvalue weighted by Gasteiger charge is 2.32. The van der Waals surface area contributed by atoms with E-state index in [0.29, 0.717) is 27.1 Å². The van der Waals surface area contributed by atoms with E-state index in [4.69, 9.17) is 34.8 Å². The van der Waals surface area contributed by atoms with E-state index in [2.05, 4.69) is 5.32 Å². The molecule has 7 heteroatoms. The summed E-state index contributed by atoms with van der Waals surface area (Å²) in [7, 11) is 0. The summed E-state index contributed by atoms with van der Waals surface area (Å²) in [6.45, 7) is 0.258. The topological polar surface area (TPSA) is 49.4 Å². The van der Waals surface area contributed by atoms with Gasteiger partial charge in [-0.05, 0) is 53.8 Å². The summed E-state index contributed by atoms with van der Waals surface area (Å²) in [5, 5.41) is 4.72. The summed E-state index contributed by atoms with van der Waals surface area (Å²) >= 11 is 18.9. The number of rotatable bonds is 9. The molecule has 0 bridgehead atoms. The zero-order valence-corrected chi connectivity index (χ0v) is 22.9. The second-order valence-electron chi connectivity index (χ2n) is 9.57. The molecule has 1 saturated carbocycles. The predicted octanol–water partition coefficient (Wildman–Crippen LogP) is 7.28. The number of halogens is 3. The van der Waals surface area contributed by atoms with Gasteiger partial charge in [-0.15, -0.1) is 0 Å². The average molecular weight is 558 g/mol. The van der Waals surface area contributed by atoms with Gasteiger partial charge in [0, 0.05) is 34.1 Å². The standard InChI is InChI=1S/C30H31Cl3N2O2/c31-23-16-14-22(15-17-23)20-35(29(36)19-25-26(32)12-7-13-27(25)33)28(18-21-8-3-1-4-9-21)30(37)34-24-10-5-2-6-11-24/h1,3-4,7-9,12-17,24,28H,2,5-6,10-11,18-20H2,(H,34,37)/t28-/m0/s1. The van der Waals surface area contributed by atoms with Crippen LogP contribution in [0.4, 0.5) is 0 Å². The molecule has 0 radical (unpaired) electrons. The van der Waals surface area contributed by atoms with Gasteiger partial charge in [-0.3, -0.25) is 9.59 Å². The van der Waals surface area contributed by atoms with Crippen molar-refractivity contribution < 1.29 is 9.59 Å². The second-order valence-corrected chi connectivity index (χ2v) is 10.8. The van der Waals surface area contributed by atoms with Crippen molar-refractivity contribution >= 4 is 46.6 Å². The van der Waals surface area contributed by atoms with Crippen LogP contribution in [0.2, 0.25) is 15.1 Å². The largest absolute Gasteiger partial charge is 0.352 e. The Morgan fingerprint density at radius 3 is 2.11 bits per heavy atom. The van der Waals surface area contributed by atoms with E-state index in [9.17, 15) is 9.59 Å². The van der Waals surface area contributed by atoms with Crippen molar-refractivity contribution in [1.82, 2.24) is 10.2 Å². The SMILES string of the molecule is O=C(NC1CCCCC1)[C@H](Cc1ccccc1)N(Cc1ccc(Cl)cc1)C(=O)Cc1c(Cl)cccc1Cl. The molecule has 194 valence electrons. The van der Waals surface area contributed by atoms with Crippen molar-refractivity contribution in [1.29, 1.82) is 0 Å². The zero-order valence-electron chi connectivity index (χ0n) is 20.6. The Balaban J connectivity index is 1.68. The quantitative estimate of drug-likeness (QED) is 0.301. The summed E-state index contributed by atoms with van der Waals surface area (Å²) in [5.41, 5.74) is 2.42. The van der Waals surface area contributed by atoms with Crippen LogP contribution in [0.5, 0.6) is 0 Å². The third-order valence-corrected chi connectivity index (χ3v) is 7.84. The highest BCUT2D eigenvalue weighted by Crippen LogP contribution is 2.27. The Kier molecular flexibility index (Phi) is 9.90. The lowest BCUT2D eigenvalue weighted by molar-refractivity contribution is -0.141. The minimum absolute atomic E-state index is 0.00586. The van der Waals surface area contributed by atoms with Gasteiger partial charge in [0.2, 0.25) is 11.8 Å². The molecule has 0 aromatic heterocycles. The lowest BCUT2D eigenvalue weighted by atomic mass is 9.94. The maximum atomic E-state index is 13.9. The summed E-state index contributed by atoms with van der Waals surface area (Å²) in [5.74, 6) is -0.354. The molecule has 37 heavy (non-hydrogen) atoms. The summed E-state index contributed by atoms with van der Waals surface area (Å²) in [4.78, 5) is 29.4. The molecular formula is C30H31Cl3N2O2. The molecule has 3 aromatic carbocycles. The number of benzene rings is 3. The molecule has 1 aliphatic rings. The van der Waals surface area contributed by atoms with E-state index in [1.54, 1.807) is 35.2 Å². The van der Waals surface area contributed by atoms with Crippen LogP contribution in [-0.2, 0) is 29.0 Å². The van der Waals surface area contributed by atoms with Gasteiger partial charge in [-0.1, -0.05) is 103 Å². The van der Waals surface area contributed by atoms with Gasteiger partial charge < -0.3 is 10.2 Å². The molecular weight excluding hydrogens is 527 g/mol. The Morgan fingerprint density at radius 1 is 0.811 bits per heavy atom. The van der Waals surface area contributed by atoms with Crippen LogP contribution in [0.25, 0.3) is 0 Å². The number of amides is 2. The fourth-order valence-electron chi connectivity index (χ4n) is 4.84. The number of hydrogen-bond donors (Lipinski definition) is 1. The van der Waals surface area contributed by atoms with Crippen molar-refractivity contribution in [3.63, 3.8) is 0 Å². The molecule has 0 saturated heterocycles. The Morgan fingerprint density at radius 2 is 1.46 bits per heavy atom. The number of carbonyl (C=O) groups is 2. The fourth-order valence-corrected chi connectivity index (χ4v) is 5.50. The molecule has 2 amide bonds. The molecule has 1 aliphatic carbocycles. The number of carbonyl (C=O) groups excluding carboxylic acids is 2. The lowest BCUT2D eigenvalue weighted by Crippen LogP contribution is -2.53. The smallest absolute Gasteiger partial charge is 0.243 e. The average Bonchev–Trinajstić information content (AvgIpc) is 2.90. The van der Waals surface area contributed by atoms with E-state index in [-0.39, 0.29) is 30.8 Å². The van der Waals surface area contributed by atoms with E-state index in [0.717, 1.165) is 36.8 Å². The maximum Gasteiger partial charge on any atom is 0.243 e. The molecule has 0 aliphatic heterocycles. The Labute approximate surface area is 233 Å². The van der Waals surface area contributed by atoms with E-state index < -0.39 is 6.04 Å². The third kappa shape index (κ3) is 7.73. The van der Waals surface area contributed by atoms with Crippen LogP contribution in [0.1, 0.15) is 48.8 Å². The highest BCUT2D eigenvalue weighted by molar-refractivity contribution is 6.36. The molecule has 0 unspecified atom stereocenters. The monoisotopic (exact) mass is 556 g/mol. The molecule has 3 aromatic rings. The van der Waals surface area contributed by atoms with Crippen LogP contribution in [0.15, 0.2) is 72.8 Å². The first-order chi connectivity index (χ1) is 17.9. The van der Waals surface area contributed by atoms with Gasteiger partial charge in [-0.25, -0.2) is 0 Å². The van der Waals surface area contributed by atoms with Crippen molar-refractivity contribution in [2.45, 2.75) is 63.6 Å². The zero-order chi connectivity index (χ0) is 26.2. The molecule has 4 rings (SSSR count). The first-order valence-corrected chi connectivity index (χ1v) is 13.8. The minimum Gasteiger partial charge on any atom is -0.352 e. The van der Waals surface area contributed by atoms with E-state index in [1.807, 2.05) is 42.5 Å². The summed E-state index contributed by atoms with van der Waals surface area (Å²) < 4.78 is 0. The number of nitrogens with one attached hydrogen (secondary N) is 1. The summed E-state index contributed by atoms with van der Waals surface area (Å²) in [6.07, 6.45) is 5.72. The van der Waals surface area contributed by atoms with E-state index >= 15 is 0 Å². The normalized spacial score (nSPS) is 14.7. The summed E-state index contributed by atoms with van der Waals surface area (Å²) in [6, 6.07) is 21.8. The van der Waals surface area contributed by atoms with Gasteiger partial charge in [0.25, 0.3) is 0 Å². The van der Waals surface area contributed by atoms with Crippen LogP contribution in [0.3, 0.4) is 0 Å². The minimum atomic E-state index is -0.700. The van der Waals surface area contributed by atoms with Crippen LogP contribution in [0, 0.1) is 0 Å². The third-order valence-electron chi connectivity index (χ3n) is 6.88. The molecule has 0 spiro atoms. The molecule has 1 atom stereocenters. The lowest BCUT2D eigenvalue weighted by Gasteiger charge is -2.33. The number of hydrogen-bond acceptors (Lipinski definition) is 2. The highest BCUT2D eigenvalue weighted by atomic mass is 35.5. The van der Waals surface area contributed by atoms with Crippen molar-refractivity contribution in [3.05, 3.63) is 105 Å². The number of nitrogens with zero attached hydrogens (tertiary/aromatic N) is 1. The van der Waals surface area contributed by atoms with Crippen molar-refractivity contribution in [2.24, 2.45) is 0 Å². The fraction of sp³-hybridized carbons (Fsp3) is 0.333. The molecule has 1 N–H and O–H groups in total. The maximum absolute atomic E-state index is 13.9. The predicted molar refractivity (Wildman–Crippen MR) is 151 cm³/mol. The van der Waals surface area contributed by atoms with Gasteiger partial charge >= 0.3 is 0 Å². The van der Waals surface area contributed by atoms with Gasteiger partial charge in [0.05, 0.1) is 6.42 Å². The first kappa shape index (κ1) is 27.5. The van der Waals surface area contributed by atoms with Gasteiger partial charge in [0.1, 0.15) is 6.04 Å². The van der Waals surface area contributed by atoms with Crippen molar-refractivity contribution in [3.8, 4) is 0 Å². The van der Waals surface area contributed by atoms with Crippen molar-refractivity contribution in [2.75, 3.05) is 0 Å². The first-order valence-electron chi connectivity index (χ1n) is 12.7. The van der Waals surface area contributed by atoms with E-state index in [1.165, 1.54) is 6.42 Å². The Hall–Kier alpha value is -2.53. The Bertz CT molecular complexity index is 1170. The molecule has 1 fully saturated rings. The van der Waals surface area contributed by atoms with Crippen LogP contribution >= 0.6 is 34.8 Å². The van der Waals surface area contributed by atoms with Gasteiger partial charge in [-0.2, -0.15) is 0 Å². The van der Waals surface area contributed by atoms with Gasteiger partial charge in [0.15, 0.2) is 0 Å². The molecule has 4 nitrogen and oxygen atoms in total.